The molecule has 0 aromatic heterocycles. The lowest BCUT2D eigenvalue weighted by atomic mass is 9.95. The summed E-state index contributed by atoms with van der Waals surface area (Å²) in [6.45, 7) is 9.74. The van der Waals surface area contributed by atoms with Gasteiger partial charge in [-0.15, -0.1) is 0 Å². The molecule has 0 saturated heterocycles. The molecular formula is C23H29NO3. The Morgan fingerprint density at radius 3 is 2.59 bits per heavy atom. The van der Waals surface area contributed by atoms with Gasteiger partial charge in [-0.3, -0.25) is 0 Å². The Labute approximate surface area is 162 Å². The Balaban J connectivity index is 1.69. The Bertz CT molecular complexity index is 780. The molecule has 4 heteroatoms. The van der Waals surface area contributed by atoms with Crippen LogP contribution in [-0.4, -0.2) is 29.7 Å². The minimum atomic E-state index is -0.474. The molecule has 2 aromatic carbocycles. The number of hydrogen-bond acceptors (Lipinski definition) is 3. The summed E-state index contributed by atoms with van der Waals surface area (Å²) in [7, 11) is 0. The van der Waals surface area contributed by atoms with Crippen molar-refractivity contribution in [2.75, 3.05) is 13.1 Å². The van der Waals surface area contributed by atoms with Crippen LogP contribution in [0.25, 0.3) is 0 Å². The molecule has 2 aromatic rings. The molecule has 1 amide bonds. The molecule has 27 heavy (non-hydrogen) atoms. The molecule has 1 unspecified atom stereocenters. The van der Waals surface area contributed by atoms with Gasteiger partial charge in [0, 0.05) is 13.1 Å². The zero-order valence-corrected chi connectivity index (χ0v) is 16.7. The number of amides is 1. The summed E-state index contributed by atoms with van der Waals surface area (Å²) >= 11 is 0. The standard InChI is InChI=1S/C23H29NO3/c1-17-15-24(22(25)27-23(2,3)4)13-12-19-10-11-20(14-21(17)19)26-16-18-8-6-5-7-9-18/h5-11,14,17H,12-13,15-16H2,1-4H3. The summed E-state index contributed by atoms with van der Waals surface area (Å²) < 4.78 is 11.5. The SMILES string of the molecule is CC1CN(C(=O)OC(C)(C)C)CCc2ccc(OCc3ccccc3)cc21. The Kier molecular flexibility index (Phi) is 5.73. The Morgan fingerprint density at radius 1 is 1.15 bits per heavy atom. The maximum Gasteiger partial charge on any atom is 0.410 e. The third-order valence-electron chi connectivity index (χ3n) is 4.69. The Hall–Kier alpha value is -2.49. The van der Waals surface area contributed by atoms with Gasteiger partial charge in [-0.25, -0.2) is 4.79 Å². The van der Waals surface area contributed by atoms with Gasteiger partial charge in [-0.2, -0.15) is 0 Å². The maximum atomic E-state index is 12.5. The fourth-order valence-electron chi connectivity index (χ4n) is 3.36. The molecule has 0 saturated carbocycles. The summed E-state index contributed by atoms with van der Waals surface area (Å²) in [5, 5.41) is 0. The third kappa shape index (κ3) is 5.25. The van der Waals surface area contributed by atoms with Gasteiger partial charge < -0.3 is 14.4 Å². The van der Waals surface area contributed by atoms with Crippen LogP contribution in [-0.2, 0) is 17.8 Å². The molecule has 0 aliphatic carbocycles. The lowest BCUT2D eigenvalue weighted by Crippen LogP contribution is -2.38. The van der Waals surface area contributed by atoms with Crippen LogP contribution in [0, 0.1) is 0 Å². The van der Waals surface area contributed by atoms with Gasteiger partial charge in [0.15, 0.2) is 0 Å². The normalized spacial score (nSPS) is 17.0. The van der Waals surface area contributed by atoms with Crippen LogP contribution < -0.4 is 4.74 Å². The molecule has 0 spiro atoms. The van der Waals surface area contributed by atoms with Gasteiger partial charge in [0.05, 0.1) is 0 Å². The first-order valence-corrected chi connectivity index (χ1v) is 9.59. The minimum absolute atomic E-state index is 0.232. The van der Waals surface area contributed by atoms with Crippen LogP contribution >= 0.6 is 0 Å². The number of fused-ring (bicyclic) bond motifs is 1. The molecule has 3 rings (SSSR count). The first-order valence-electron chi connectivity index (χ1n) is 9.59. The van der Waals surface area contributed by atoms with Crippen molar-refractivity contribution in [1.29, 1.82) is 0 Å². The number of carbonyl (C=O) groups is 1. The fourth-order valence-corrected chi connectivity index (χ4v) is 3.36. The largest absolute Gasteiger partial charge is 0.489 e. The van der Waals surface area contributed by atoms with E-state index in [4.69, 9.17) is 9.47 Å². The lowest BCUT2D eigenvalue weighted by Gasteiger charge is -2.27. The molecular weight excluding hydrogens is 338 g/mol. The molecule has 1 aliphatic heterocycles. The second-order valence-electron chi connectivity index (χ2n) is 8.21. The predicted molar refractivity (Wildman–Crippen MR) is 107 cm³/mol. The van der Waals surface area contributed by atoms with E-state index in [9.17, 15) is 4.79 Å². The zero-order valence-electron chi connectivity index (χ0n) is 16.7. The van der Waals surface area contributed by atoms with Gasteiger partial charge in [-0.1, -0.05) is 43.3 Å². The topological polar surface area (TPSA) is 38.8 Å². The highest BCUT2D eigenvalue weighted by molar-refractivity contribution is 5.68. The number of carbonyl (C=O) groups excluding carboxylic acids is 1. The number of ether oxygens (including phenoxy) is 2. The third-order valence-corrected chi connectivity index (χ3v) is 4.69. The Morgan fingerprint density at radius 2 is 1.89 bits per heavy atom. The van der Waals surface area contributed by atoms with Crippen molar-refractivity contribution in [1.82, 2.24) is 4.90 Å². The molecule has 144 valence electrons. The van der Waals surface area contributed by atoms with E-state index < -0.39 is 5.60 Å². The smallest absolute Gasteiger partial charge is 0.410 e. The second kappa shape index (κ2) is 8.03. The van der Waals surface area contributed by atoms with Gasteiger partial charge in [0.2, 0.25) is 0 Å². The van der Waals surface area contributed by atoms with Crippen molar-refractivity contribution in [3.8, 4) is 5.75 Å². The summed E-state index contributed by atoms with van der Waals surface area (Å²) in [5.74, 6) is 1.10. The zero-order chi connectivity index (χ0) is 19.4. The molecule has 4 nitrogen and oxygen atoms in total. The number of benzene rings is 2. The van der Waals surface area contributed by atoms with Gasteiger partial charge in [0.1, 0.15) is 18.0 Å². The minimum Gasteiger partial charge on any atom is -0.489 e. The van der Waals surface area contributed by atoms with Crippen molar-refractivity contribution in [2.45, 2.75) is 52.2 Å². The molecule has 1 heterocycles. The van der Waals surface area contributed by atoms with Crippen LogP contribution in [0.1, 0.15) is 50.3 Å². The van der Waals surface area contributed by atoms with E-state index >= 15 is 0 Å². The summed E-state index contributed by atoms with van der Waals surface area (Å²) in [5.41, 5.74) is 3.21. The molecule has 1 aliphatic rings. The van der Waals surface area contributed by atoms with E-state index in [1.165, 1.54) is 11.1 Å². The highest BCUT2D eigenvalue weighted by Crippen LogP contribution is 2.30. The average molecular weight is 367 g/mol. The highest BCUT2D eigenvalue weighted by atomic mass is 16.6. The van der Waals surface area contributed by atoms with Gasteiger partial charge in [-0.05, 0) is 61.9 Å². The summed E-state index contributed by atoms with van der Waals surface area (Å²) in [6.07, 6.45) is 0.598. The van der Waals surface area contributed by atoms with Gasteiger partial charge >= 0.3 is 6.09 Å². The molecule has 0 bridgehead atoms. The van der Waals surface area contributed by atoms with E-state index in [0.717, 1.165) is 17.7 Å². The summed E-state index contributed by atoms with van der Waals surface area (Å²) in [4.78, 5) is 14.3. The van der Waals surface area contributed by atoms with E-state index in [0.29, 0.717) is 19.7 Å². The highest BCUT2D eigenvalue weighted by Gasteiger charge is 2.27. The van der Waals surface area contributed by atoms with E-state index in [2.05, 4.69) is 31.2 Å². The quantitative estimate of drug-likeness (QED) is 0.752. The maximum absolute atomic E-state index is 12.5. The van der Waals surface area contributed by atoms with Crippen molar-refractivity contribution >= 4 is 6.09 Å². The monoisotopic (exact) mass is 367 g/mol. The van der Waals surface area contributed by atoms with Crippen molar-refractivity contribution in [3.63, 3.8) is 0 Å². The van der Waals surface area contributed by atoms with Crippen molar-refractivity contribution in [2.24, 2.45) is 0 Å². The van der Waals surface area contributed by atoms with E-state index in [-0.39, 0.29) is 12.0 Å². The van der Waals surface area contributed by atoms with E-state index in [1.807, 2.05) is 49.9 Å². The van der Waals surface area contributed by atoms with E-state index in [1.54, 1.807) is 0 Å². The first kappa shape index (κ1) is 19.3. The van der Waals surface area contributed by atoms with Crippen LogP contribution in [0.4, 0.5) is 4.79 Å². The summed E-state index contributed by atoms with van der Waals surface area (Å²) in [6, 6.07) is 16.4. The van der Waals surface area contributed by atoms with Crippen LogP contribution in [0.5, 0.6) is 5.75 Å². The molecule has 0 fully saturated rings. The fraction of sp³-hybridized carbons (Fsp3) is 0.435. The second-order valence-corrected chi connectivity index (χ2v) is 8.21. The van der Waals surface area contributed by atoms with Crippen LogP contribution in [0.2, 0.25) is 0 Å². The van der Waals surface area contributed by atoms with Crippen molar-refractivity contribution < 1.29 is 14.3 Å². The molecule has 1 atom stereocenters. The predicted octanol–water partition coefficient (Wildman–Crippen LogP) is 5.16. The van der Waals surface area contributed by atoms with Crippen molar-refractivity contribution in [3.05, 3.63) is 65.2 Å². The number of hydrogen-bond donors (Lipinski definition) is 0. The van der Waals surface area contributed by atoms with Crippen LogP contribution in [0.15, 0.2) is 48.5 Å². The number of rotatable bonds is 3. The first-order chi connectivity index (χ1) is 12.8. The molecule has 0 N–H and O–H groups in total. The molecule has 0 radical (unpaired) electrons. The van der Waals surface area contributed by atoms with Crippen LogP contribution in [0.3, 0.4) is 0 Å². The lowest BCUT2D eigenvalue weighted by molar-refractivity contribution is 0.0248. The van der Waals surface area contributed by atoms with Gasteiger partial charge in [0.25, 0.3) is 0 Å². The average Bonchev–Trinajstić information content (AvgIpc) is 2.79. The number of nitrogens with zero attached hydrogens (tertiary/aromatic N) is 1.